The van der Waals surface area contributed by atoms with Gasteiger partial charge in [0.2, 0.25) is 0 Å². The van der Waals surface area contributed by atoms with Crippen LogP contribution in [0.5, 0.6) is 0 Å². The molecule has 0 aliphatic heterocycles. The van der Waals surface area contributed by atoms with Gasteiger partial charge in [-0.15, -0.1) is 0 Å². The summed E-state index contributed by atoms with van der Waals surface area (Å²) in [6.07, 6.45) is 2.89. The van der Waals surface area contributed by atoms with Crippen LogP contribution >= 0.6 is 0 Å². The highest BCUT2D eigenvalue weighted by atomic mass is 16.4. The van der Waals surface area contributed by atoms with Crippen molar-refractivity contribution in [2.75, 3.05) is 0 Å². The molecule has 0 aromatic rings. The van der Waals surface area contributed by atoms with Gasteiger partial charge in [-0.05, 0) is 19.3 Å². The van der Waals surface area contributed by atoms with Crippen molar-refractivity contribution in [3.8, 4) is 0 Å². The molecule has 6 N–H and O–H groups in total. The minimum atomic E-state index is -1.05. The molecule has 0 radical (unpaired) electrons. The number of nitrogens with two attached hydrogens (primary N) is 2. The molecule has 1 saturated carbocycles. The normalized spacial score (nSPS) is 30.8. The summed E-state index contributed by atoms with van der Waals surface area (Å²) in [5.74, 6) is -2.94. The summed E-state index contributed by atoms with van der Waals surface area (Å²) in [5.41, 5.74) is 11.1. The summed E-state index contributed by atoms with van der Waals surface area (Å²) < 4.78 is 0. The van der Waals surface area contributed by atoms with Gasteiger partial charge in [-0.1, -0.05) is 12.8 Å². The van der Waals surface area contributed by atoms with Gasteiger partial charge in [-0.3, -0.25) is 9.59 Å². The van der Waals surface area contributed by atoms with Crippen LogP contribution in [0.15, 0.2) is 0 Å². The highest BCUT2D eigenvalue weighted by Crippen LogP contribution is 2.34. The third-order valence-corrected chi connectivity index (χ3v) is 3.66. The fourth-order valence-corrected chi connectivity index (χ4v) is 2.57. The number of carboxylic acid groups (broad SMARTS) is 2. The molecule has 1 aliphatic rings. The van der Waals surface area contributed by atoms with Gasteiger partial charge in [0.25, 0.3) is 0 Å². The number of aliphatic carboxylic acids is 2. The highest BCUT2D eigenvalue weighted by molar-refractivity contribution is 5.74. The van der Waals surface area contributed by atoms with Crippen LogP contribution in [-0.4, -0.2) is 33.7 Å². The second-order valence-electron chi connectivity index (χ2n) is 4.79. The van der Waals surface area contributed by atoms with Crippen LogP contribution in [0.4, 0.5) is 0 Å². The molecule has 98 valence electrons. The molecule has 0 aromatic carbocycles. The maximum atomic E-state index is 11.2. The molecule has 0 spiro atoms. The lowest BCUT2D eigenvalue weighted by Gasteiger charge is -2.43. The molecular weight excluding hydrogens is 224 g/mol. The van der Waals surface area contributed by atoms with Crippen LogP contribution in [0.1, 0.15) is 38.5 Å². The zero-order valence-electron chi connectivity index (χ0n) is 9.76. The number of carbonyl (C=O) groups is 2. The van der Waals surface area contributed by atoms with Crippen LogP contribution in [0.3, 0.4) is 0 Å². The maximum Gasteiger partial charge on any atom is 0.308 e. The number of carboxylic acids is 2. The van der Waals surface area contributed by atoms with Crippen LogP contribution < -0.4 is 11.5 Å². The van der Waals surface area contributed by atoms with E-state index >= 15 is 0 Å². The molecule has 3 unspecified atom stereocenters. The van der Waals surface area contributed by atoms with E-state index in [4.69, 9.17) is 16.6 Å². The first-order chi connectivity index (χ1) is 7.88. The fourth-order valence-electron chi connectivity index (χ4n) is 2.57. The van der Waals surface area contributed by atoms with Gasteiger partial charge >= 0.3 is 11.9 Å². The van der Waals surface area contributed by atoms with Crippen molar-refractivity contribution in [1.82, 2.24) is 0 Å². The standard InChI is InChI=1S/C11H20N2O4/c12-8-3-1-2-6-11(8,13)7(10(16)17)4-5-9(14)15/h7-8H,1-6,12-13H2,(H,14,15)(H,16,17). The molecule has 17 heavy (non-hydrogen) atoms. The van der Waals surface area contributed by atoms with E-state index in [1.807, 2.05) is 0 Å². The lowest BCUT2D eigenvalue weighted by Crippen LogP contribution is -2.63. The number of hydrogen-bond donors (Lipinski definition) is 4. The van der Waals surface area contributed by atoms with E-state index in [1.165, 1.54) is 0 Å². The summed E-state index contributed by atoms with van der Waals surface area (Å²) in [5, 5.41) is 17.8. The Balaban J connectivity index is 2.80. The number of rotatable bonds is 5. The predicted molar refractivity (Wildman–Crippen MR) is 61.4 cm³/mol. The Morgan fingerprint density at radius 1 is 1.35 bits per heavy atom. The van der Waals surface area contributed by atoms with Gasteiger partial charge in [-0.2, -0.15) is 0 Å². The molecule has 0 bridgehead atoms. The van der Waals surface area contributed by atoms with Gasteiger partial charge < -0.3 is 21.7 Å². The molecule has 0 saturated heterocycles. The Hall–Kier alpha value is -1.14. The van der Waals surface area contributed by atoms with E-state index in [2.05, 4.69) is 0 Å². The summed E-state index contributed by atoms with van der Waals surface area (Å²) in [4.78, 5) is 21.8. The van der Waals surface area contributed by atoms with E-state index in [0.29, 0.717) is 12.8 Å². The Bertz CT molecular complexity index is 308. The van der Waals surface area contributed by atoms with Crippen molar-refractivity contribution in [1.29, 1.82) is 0 Å². The van der Waals surface area contributed by atoms with E-state index in [-0.39, 0.29) is 18.9 Å². The smallest absolute Gasteiger partial charge is 0.308 e. The van der Waals surface area contributed by atoms with Gasteiger partial charge in [0.15, 0.2) is 0 Å². The molecule has 1 aliphatic carbocycles. The van der Waals surface area contributed by atoms with Crippen LogP contribution in [-0.2, 0) is 9.59 Å². The van der Waals surface area contributed by atoms with E-state index < -0.39 is 23.4 Å². The minimum absolute atomic E-state index is 0.0366. The zero-order valence-corrected chi connectivity index (χ0v) is 9.76. The van der Waals surface area contributed by atoms with E-state index in [1.54, 1.807) is 0 Å². The second-order valence-corrected chi connectivity index (χ2v) is 4.79. The highest BCUT2D eigenvalue weighted by Gasteiger charge is 2.45. The summed E-state index contributed by atoms with van der Waals surface area (Å²) in [6.45, 7) is 0. The summed E-state index contributed by atoms with van der Waals surface area (Å²) >= 11 is 0. The second kappa shape index (κ2) is 5.46. The first-order valence-corrected chi connectivity index (χ1v) is 5.87. The lowest BCUT2D eigenvalue weighted by atomic mass is 9.69. The van der Waals surface area contributed by atoms with Crippen molar-refractivity contribution in [3.05, 3.63) is 0 Å². The Morgan fingerprint density at radius 3 is 2.47 bits per heavy atom. The average molecular weight is 244 g/mol. The SMILES string of the molecule is NC1CCCCC1(N)C(CCC(=O)O)C(=O)O. The van der Waals surface area contributed by atoms with Crippen LogP contribution in [0.2, 0.25) is 0 Å². The maximum absolute atomic E-state index is 11.2. The Kier molecular flexibility index (Phi) is 4.47. The zero-order chi connectivity index (χ0) is 13.1. The van der Waals surface area contributed by atoms with Crippen molar-refractivity contribution in [2.24, 2.45) is 17.4 Å². The minimum Gasteiger partial charge on any atom is -0.481 e. The van der Waals surface area contributed by atoms with Crippen LogP contribution in [0, 0.1) is 5.92 Å². The molecule has 1 fully saturated rings. The van der Waals surface area contributed by atoms with Gasteiger partial charge in [0.1, 0.15) is 0 Å². The monoisotopic (exact) mass is 244 g/mol. The molecule has 0 aromatic heterocycles. The topological polar surface area (TPSA) is 127 Å². The largest absolute Gasteiger partial charge is 0.481 e. The Labute approximate surface area is 100.0 Å². The molecule has 0 amide bonds. The number of hydrogen-bond acceptors (Lipinski definition) is 4. The molecule has 6 nitrogen and oxygen atoms in total. The molecule has 6 heteroatoms. The van der Waals surface area contributed by atoms with Gasteiger partial charge in [0, 0.05) is 18.0 Å². The molecule has 0 heterocycles. The molecular formula is C11H20N2O4. The average Bonchev–Trinajstić information content (AvgIpc) is 2.22. The summed E-state index contributed by atoms with van der Waals surface area (Å²) in [7, 11) is 0. The first-order valence-electron chi connectivity index (χ1n) is 5.87. The third-order valence-electron chi connectivity index (χ3n) is 3.66. The van der Waals surface area contributed by atoms with Gasteiger partial charge in [0.05, 0.1) is 5.92 Å². The van der Waals surface area contributed by atoms with Gasteiger partial charge in [-0.25, -0.2) is 0 Å². The Morgan fingerprint density at radius 2 is 2.00 bits per heavy atom. The first kappa shape index (κ1) is 13.9. The van der Waals surface area contributed by atoms with Crippen molar-refractivity contribution in [3.63, 3.8) is 0 Å². The van der Waals surface area contributed by atoms with Crippen molar-refractivity contribution < 1.29 is 19.8 Å². The van der Waals surface area contributed by atoms with E-state index in [9.17, 15) is 14.7 Å². The fraction of sp³-hybridized carbons (Fsp3) is 0.818. The quantitative estimate of drug-likeness (QED) is 0.545. The lowest BCUT2D eigenvalue weighted by molar-refractivity contribution is -0.146. The molecule has 3 atom stereocenters. The van der Waals surface area contributed by atoms with E-state index in [0.717, 1.165) is 12.8 Å². The summed E-state index contributed by atoms with van der Waals surface area (Å²) in [6, 6.07) is -0.369. The third kappa shape index (κ3) is 3.17. The van der Waals surface area contributed by atoms with Crippen molar-refractivity contribution >= 4 is 11.9 Å². The van der Waals surface area contributed by atoms with Crippen LogP contribution in [0.25, 0.3) is 0 Å². The molecule has 1 rings (SSSR count). The van der Waals surface area contributed by atoms with Crippen molar-refractivity contribution in [2.45, 2.75) is 50.1 Å². The predicted octanol–water partition coefficient (Wildman–Crippen LogP) is 0.151.